The van der Waals surface area contributed by atoms with Crippen LogP contribution in [-0.4, -0.2) is 32.2 Å². The van der Waals surface area contributed by atoms with Gasteiger partial charge in [0, 0.05) is 20.5 Å². The van der Waals surface area contributed by atoms with Crippen molar-refractivity contribution in [2.75, 3.05) is 7.11 Å². The first kappa shape index (κ1) is 20.8. The molecule has 10 heteroatoms. The molecule has 0 aliphatic heterocycles. The molecule has 0 amide bonds. The maximum atomic E-state index is 12.8. The van der Waals surface area contributed by atoms with E-state index in [0.717, 1.165) is 17.4 Å². The van der Waals surface area contributed by atoms with Gasteiger partial charge in [-0.1, -0.05) is 25.1 Å². The highest BCUT2D eigenvalue weighted by atomic mass is 32.2. The molecule has 154 valence electrons. The summed E-state index contributed by atoms with van der Waals surface area (Å²) in [5.41, 5.74) is -0.564. The molecule has 0 bridgehead atoms. The van der Waals surface area contributed by atoms with E-state index in [2.05, 4.69) is 21.6 Å². The van der Waals surface area contributed by atoms with Gasteiger partial charge in [0.25, 0.3) is 5.56 Å². The van der Waals surface area contributed by atoms with E-state index in [1.54, 1.807) is 13.1 Å². The van der Waals surface area contributed by atoms with Gasteiger partial charge in [-0.15, -0.1) is 0 Å². The number of carbonyl (C=O) groups is 1. The Morgan fingerprint density at radius 3 is 2.66 bits per heavy atom. The number of rotatable bonds is 7. The second-order valence-electron chi connectivity index (χ2n) is 6.50. The minimum atomic E-state index is -0.556. The van der Waals surface area contributed by atoms with Gasteiger partial charge in [0.1, 0.15) is 22.0 Å². The number of hydrogen-bond acceptors (Lipinski definition) is 8. The van der Waals surface area contributed by atoms with Crippen molar-refractivity contribution in [3.05, 3.63) is 50.3 Å². The topological polar surface area (TPSA) is 109 Å². The van der Waals surface area contributed by atoms with Gasteiger partial charge in [-0.25, -0.2) is 19.6 Å². The van der Waals surface area contributed by atoms with Crippen molar-refractivity contribution < 1.29 is 13.9 Å². The van der Waals surface area contributed by atoms with Gasteiger partial charge in [0.15, 0.2) is 5.65 Å². The Hall–Kier alpha value is -2.88. The molecule has 3 aromatic rings. The summed E-state index contributed by atoms with van der Waals surface area (Å²) in [6.45, 7) is 2.07. The van der Waals surface area contributed by atoms with Crippen LogP contribution in [0.1, 0.15) is 41.9 Å². The fourth-order valence-corrected chi connectivity index (χ4v) is 3.76. The van der Waals surface area contributed by atoms with E-state index < -0.39 is 17.2 Å². The number of hydrogen-bond donors (Lipinski definition) is 0. The summed E-state index contributed by atoms with van der Waals surface area (Å²) in [6, 6.07) is 3.21. The second-order valence-corrected chi connectivity index (χ2v) is 7.46. The van der Waals surface area contributed by atoms with Gasteiger partial charge in [0.2, 0.25) is 5.76 Å². The maximum Gasteiger partial charge on any atom is 0.373 e. The lowest BCUT2D eigenvalue weighted by Gasteiger charge is -2.11. The molecular weight excluding hydrogens is 396 g/mol. The summed E-state index contributed by atoms with van der Waals surface area (Å²) in [6.07, 6.45) is 2.52. The number of unbranched alkanes of at least 4 members (excludes halogenated alkanes) is 1. The Labute approximate surface area is 170 Å². The summed E-state index contributed by atoms with van der Waals surface area (Å²) >= 11 is 1.30. The molecule has 0 N–H and O–H groups in total. The van der Waals surface area contributed by atoms with Crippen molar-refractivity contribution >= 4 is 28.8 Å². The molecule has 3 aromatic heterocycles. The molecule has 0 aliphatic carbocycles. The first-order valence-corrected chi connectivity index (χ1v) is 10.1. The molecule has 0 atom stereocenters. The van der Waals surface area contributed by atoms with Crippen molar-refractivity contribution in [3.8, 4) is 0 Å². The van der Waals surface area contributed by atoms with E-state index in [9.17, 15) is 14.4 Å². The monoisotopic (exact) mass is 418 g/mol. The summed E-state index contributed by atoms with van der Waals surface area (Å²) < 4.78 is 12.5. The number of aryl methyl sites for hydroxylation is 2. The zero-order valence-electron chi connectivity index (χ0n) is 16.7. The summed E-state index contributed by atoms with van der Waals surface area (Å²) in [4.78, 5) is 45.7. The van der Waals surface area contributed by atoms with Gasteiger partial charge >= 0.3 is 11.7 Å². The Bertz CT molecular complexity index is 1180. The Kier molecular flexibility index (Phi) is 6.21. The molecule has 0 aliphatic rings. The van der Waals surface area contributed by atoms with Gasteiger partial charge in [-0.3, -0.25) is 13.9 Å². The highest BCUT2D eigenvalue weighted by molar-refractivity contribution is 7.98. The van der Waals surface area contributed by atoms with E-state index >= 15 is 0 Å². The third-order valence-electron chi connectivity index (χ3n) is 4.47. The first-order chi connectivity index (χ1) is 13.9. The lowest BCUT2D eigenvalue weighted by molar-refractivity contribution is 0.0563. The van der Waals surface area contributed by atoms with Crippen LogP contribution < -0.4 is 11.2 Å². The first-order valence-electron chi connectivity index (χ1n) is 9.13. The molecule has 0 aromatic carbocycles. The van der Waals surface area contributed by atoms with E-state index in [-0.39, 0.29) is 5.76 Å². The largest absolute Gasteiger partial charge is 0.463 e. The number of esters is 1. The molecule has 0 saturated heterocycles. The number of carbonyl (C=O) groups excluding carboxylic acids is 1. The number of nitrogens with zero attached hydrogens (tertiary/aromatic N) is 4. The van der Waals surface area contributed by atoms with Crippen LogP contribution in [0.3, 0.4) is 0 Å². The van der Waals surface area contributed by atoms with Crippen molar-refractivity contribution in [2.24, 2.45) is 14.1 Å². The highest BCUT2D eigenvalue weighted by Gasteiger charge is 2.18. The van der Waals surface area contributed by atoms with Gasteiger partial charge in [-0.05, 0) is 18.6 Å². The van der Waals surface area contributed by atoms with Crippen LogP contribution in [0.25, 0.3) is 11.0 Å². The standard InChI is InChI=1S/C19H22N4O5S/c1-5-6-7-13-20-15-14(17(24)23(3)19(26)22(15)2)16(21-13)29-10-11-8-9-12(28-11)18(25)27-4/h8-9H,5-7,10H2,1-4H3. The van der Waals surface area contributed by atoms with E-state index in [4.69, 9.17) is 4.42 Å². The van der Waals surface area contributed by atoms with E-state index in [1.165, 1.54) is 36.6 Å². The average Bonchev–Trinajstić information content (AvgIpc) is 3.21. The minimum absolute atomic E-state index is 0.109. The van der Waals surface area contributed by atoms with Gasteiger partial charge < -0.3 is 9.15 Å². The predicted molar refractivity (Wildman–Crippen MR) is 108 cm³/mol. The number of furan rings is 1. The highest BCUT2D eigenvalue weighted by Crippen LogP contribution is 2.27. The van der Waals surface area contributed by atoms with Crippen molar-refractivity contribution in [3.63, 3.8) is 0 Å². The quantitative estimate of drug-likeness (QED) is 0.326. The lowest BCUT2D eigenvalue weighted by Crippen LogP contribution is -2.37. The Balaban J connectivity index is 2.05. The van der Waals surface area contributed by atoms with Crippen LogP contribution in [0.15, 0.2) is 31.2 Å². The Morgan fingerprint density at radius 2 is 1.97 bits per heavy atom. The number of ether oxygens (including phenoxy) is 1. The minimum Gasteiger partial charge on any atom is -0.463 e. The van der Waals surface area contributed by atoms with E-state index in [1.807, 2.05) is 0 Å². The third kappa shape index (κ3) is 4.12. The van der Waals surface area contributed by atoms with Crippen LogP contribution in [0.4, 0.5) is 0 Å². The van der Waals surface area contributed by atoms with E-state index in [0.29, 0.717) is 39.8 Å². The van der Waals surface area contributed by atoms with Crippen LogP contribution >= 0.6 is 11.8 Å². The Morgan fingerprint density at radius 1 is 1.21 bits per heavy atom. The normalized spacial score (nSPS) is 11.2. The molecule has 3 rings (SSSR count). The summed E-state index contributed by atoms with van der Waals surface area (Å²) in [5, 5.41) is 0.771. The number of thioether (sulfide) groups is 1. The van der Waals surface area contributed by atoms with Crippen LogP contribution in [-0.2, 0) is 31.0 Å². The van der Waals surface area contributed by atoms with Gasteiger partial charge in [0.05, 0.1) is 12.9 Å². The molecule has 0 spiro atoms. The average molecular weight is 418 g/mol. The molecule has 9 nitrogen and oxygen atoms in total. The smallest absolute Gasteiger partial charge is 0.373 e. The van der Waals surface area contributed by atoms with Gasteiger partial charge in [-0.2, -0.15) is 0 Å². The number of aromatic nitrogens is 4. The molecular formula is C19H22N4O5S. The molecule has 29 heavy (non-hydrogen) atoms. The molecule has 0 radical (unpaired) electrons. The molecule has 0 unspecified atom stereocenters. The number of fused-ring (bicyclic) bond motifs is 1. The van der Waals surface area contributed by atoms with Crippen LogP contribution in [0.5, 0.6) is 0 Å². The number of methoxy groups -OCH3 is 1. The zero-order valence-corrected chi connectivity index (χ0v) is 17.5. The molecule has 0 fully saturated rings. The lowest BCUT2D eigenvalue weighted by atomic mass is 10.2. The van der Waals surface area contributed by atoms with Crippen molar-refractivity contribution in [1.82, 2.24) is 19.1 Å². The SMILES string of the molecule is CCCCc1nc(SCc2ccc(C(=O)OC)o2)c2c(=O)n(C)c(=O)n(C)c2n1. The van der Waals surface area contributed by atoms with Crippen molar-refractivity contribution in [2.45, 2.75) is 37.0 Å². The third-order valence-corrected chi connectivity index (χ3v) is 5.46. The van der Waals surface area contributed by atoms with Crippen molar-refractivity contribution in [1.29, 1.82) is 0 Å². The van der Waals surface area contributed by atoms with Crippen LogP contribution in [0, 0.1) is 0 Å². The zero-order chi connectivity index (χ0) is 21.1. The summed E-state index contributed by atoms with van der Waals surface area (Å²) in [5.74, 6) is 1.03. The molecule has 3 heterocycles. The molecule has 0 saturated carbocycles. The second kappa shape index (κ2) is 8.64. The fourth-order valence-electron chi connectivity index (χ4n) is 2.83. The summed E-state index contributed by atoms with van der Waals surface area (Å²) in [7, 11) is 4.30. The maximum absolute atomic E-state index is 12.8. The predicted octanol–water partition coefficient (Wildman–Crippen LogP) is 2.04. The van der Waals surface area contributed by atoms with Crippen LogP contribution in [0.2, 0.25) is 0 Å². The fraction of sp³-hybridized carbons (Fsp3) is 0.421.